The third kappa shape index (κ3) is 24.4. The molecule has 0 saturated carbocycles. The van der Waals surface area contributed by atoms with Gasteiger partial charge in [0.1, 0.15) is 0 Å². The molecule has 0 aromatic rings. The standard InChI is InChI=1S/C30H59NO4/c1-3-5-7-9-11-13-15-16-18-20-22-24-29(33)35-28(25-27-32)30(34)31-26-23-21-19-17-14-12-10-8-6-4-2/h28,32H,3-27H2,1-2H3,(H,31,34). The molecule has 0 spiro atoms. The molecule has 0 heterocycles. The van der Waals surface area contributed by atoms with Crippen LogP contribution in [0.15, 0.2) is 0 Å². The average Bonchev–Trinajstić information content (AvgIpc) is 2.85. The van der Waals surface area contributed by atoms with Gasteiger partial charge in [-0.1, -0.05) is 136 Å². The minimum atomic E-state index is -0.872. The van der Waals surface area contributed by atoms with Crippen LogP contribution in [-0.4, -0.2) is 36.2 Å². The third-order valence-corrected chi connectivity index (χ3v) is 6.77. The number of carbonyl (C=O) groups excluding carboxylic acids is 2. The summed E-state index contributed by atoms with van der Waals surface area (Å²) in [5.41, 5.74) is 0. The topological polar surface area (TPSA) is 75.6 Å². The van der Waals surface area contributed by atoms with Crippen molar-refractivity contribution >= 4 is 11.9 Å². The second kappa shape index (κ2) is 27.5. The van der Waals surface area contributed by atoms with Gasteiger partial charge in [0, 0.05) is 26.0 Å². The highest BCUT2D eigenvalue weighted by molar-refractivity contribution is 5.83. The van der Waals surface area contributed by atoms with Crippen molar-refractivity contribution in [3.63, 3.8) is 0 Å². The van der Waals surface area contributed by atoms with Crippen molar-refractivity contribution in [1.82, 2.24) is 5.32 Å². The van der Waals surface area contributed by atoms with Crippen LogP contribution in [0.25, 0.3) is 0 Å². The molecule has 5 nitrogen and oxygen atoms in total. The summed E-state index contributed by atoms with van der Waals surface area (Å²) in [6.45, 7) is 4.93. The molecule has 0 saturated heterocycles. The first-order valence-corrected chi connectivity index (χ1v) is 15.2. The zero-order valence-corrected chi connectivity index (χ0v) is 23.4. The molecule has 0 bridgehead atoms. The van der Waals surface area contributed by atoms with Crippen molar-refractivity contribution in [2.24, 2.45) is 0 Å². The molecular weight excluding hydrogens is 438 g/mol. The number of ether oxygens (including phenoxy) is 1. The lowest BCUT2D eigenvalue weighted by Gasteiger charge is -2.17. The van der Waals surface area contributed by atoms with Crippen LogP contribution in [-0.2, 0) is 14.3 Å². The lowest BCUT2D eigenvalue weighted by atomic mass is 10.1. The number of carbonyl (C=O) groups is 2. The van der Waals surface area contributed by atoms with E-state index in [1.54, 1.807) is 0 Å². The van der Waals surface area contributed by atoms with E-state index in [9.17, 15) is 14.7 Å². The van der Waals surface area contributed by atoms with E-state index in [1.165, 1.54) is 103 Å². The summed E-state index contributed by atoms with van der Waals surface area (Å²) < 4.78 is 5.38. The summed E-state index contributed by atoms with van der Waals surface area (Å²) in [5.74, 6) is -0.601. The van der Waals surface area contributed by atoms with Gasteiger partial charge >= 0.3 is 5.97 Å². The second-order valence-corrected chi connectivity index (χ2v) is 10.2. The molecular formula is C30H59NO4. The highest BCUT2D eigenvalue weighted by Crippen LogP contribution is 2.13. The first kappa shape index (κ1) is 33.9. The fraction of sp³-hybridized carbons (Fsp3) is 0.933. The second-order valence-electron chi connectivity index (χ2n) is 10.2. The van der Waals surface area contributed by atoms with Crippen LogP contribution in [0, 0.1) is 0 Å². The molecule has 5 heteroatoms. The van der Waals surface area contributed by atoms with E-state index in [0.717, 1.165) is 32.1 Å². The Labute approximate surface area is 217 Å². The zero-order valence-electron chi connectivity index (χ0n) is 23.4. The van der Waals surface area contributed by atoms with Gasteiger partial charge in [-0.2, -0.15) is 0 Å². The number of hydrogen-bond acceptors (Lipinski definition) is 4. The normalized spacial score (nSPS) is 12.0. The highest BCUT2D eigenvalue weighted by atomic mass is 16.5. The van der Waals surface area contributed by atoms with Crippen molar-refractivity contribution in [1.29, 1.82) is 0 Å². The maximum absolute atomic E-state index is 12.4. The van der Waals surface area contributed by atoms with E-state index in [1.807, 2.05) is 0 Å². The fourth-order valence-electron chi connectivity index (χ4n) is 4.45. The molecule has 1 amide bonds. The van der Waals surface area contributed by atoms with Crippen molar-refractivity contribution in [2.45, 2.75) is 168 Å². The number of amides is 1. The zero-order chi connectivity index (χ0) is 25.8. The van der Waals surface area contributed by atoms with Crippen LogP contribution < -0.4 is 5.32 Å². The molecule has 0 aliphatic heterocycles. The molecule has 0 rings (SSSR count). The number of aliphatic hydroxyl groups excluding tert-OH is 1. The van der Waals surface area contributed by atoms with Crippen LogP contribution >= 0.6 is 0 Å². The van der Waals surface area contributed by atoms with Gasteiger partial charge in [-0.05, 0) is 12.8 Å². The predicted octanol–water partition coefficient (Wildman–Crippen LogP) is 8.02. The van der Waals surface area contributed by atoms with Gasteiger partial charge < -0.3 is 15.2 Å². The molecule has 0 fully saturated rings. The number of unbranched alkanes of at least 4 members (excludes halogenated alkanes) is 19. The minimum Gasteiger partial charge on any atom is -0.452 e. The van der Waals surface area contributed by atoms with E-state index < -0.39 is 6.10 Å². The molecule has 0 aromatic carbocycles. The van der Waals surface area contributed by atoms with Crippen molar-refractivity contribution < 1.29 is 19.4 Å². The molecule has 1 atom stereocenters. The Morgan fingerprint density at radius 2 is 1.03 bits per heavy atom. The maximum Gasteiger partial charge on any atom is 0.306 e. The smallest absolute Gasteiger partial charge is 0.306 e. The highest BCUT2D eigenvalue weighted by Gasteiger charge is 2.21. The van der Waals surface area contributed by atoms with E-state index in [-0.39, 0.29) is 24.9 Å². The molecule has 0 radical (unpaired) electrons. The Morgan fingerprint density at radius 1 is 0.629 bits per heavy atom. The van der Waals surface area contributed by atoms with E-state index >= 15 is 0 Å². The van der Waals surface area contributed by atoms with E-state index in [4.69, 9.17) is 4.74 Å². The first-order valence-electron chi connectivity index (χ1n) is 15.2. The lowest BCUT2D eigenvalue weighted by Crippen LogP contribution is -2.38. The number of hydrogen-bond donors (Lipinski definition) is 2. The molecule has 1 unspecified atom stereocenters. The average molecular weight is 498 g/mol. The Hall–Kier alpha value is -1.10. The summed E-state index contributed by atoms with van der Waals surface area (Å²) in [5, 5.41) is 12.1. The first-order chi connectivity index (χ1) is 17.2. The van der Waals surface area contributed by atoms with Gasteiger partial charge in [-0.3, -0.25) is 9.59 Å². The molecule has 208 valence electrons. The van der Waals surface area contributed by atoms with Crippen LogP contribution in [0.2, 0.25) is 0 Å². The quantitative estimate of drug-likeness (QED) is 0.0890. The number of aliphatic hydroxyl groups is 1. The molecule has 0 aliphatic rings. The molecule has 0 aliphatic carbocycles. The number of esters is 1. The Kier molecular flexibility index (Phi) is 26.6. The number of nitrogens with one attached hydrogen (secondary N) is 1. The molecule has 0 aromatic heterocycles. The van der Waals surface area contributed by atoms with Gasteiger partial charge in [0.2, 0.25) is 0 Å². The fourth-order valence-corrected chi connectivity index (χ4v) is 4.45. The van der Waals surface area contributed by atoms with Crippen LogP contribution in [0.4, 0.5) is 0 Å². The summed E-state index contributed by atoms with van der Waals surface area (Å²) >= 11 is 0. The third-order valence-electron chi connectivity index (χ3n) is 6.77. The van der Waals surface area contributed by atoms with Crippen molar-refractivity contribution in [3.05, 3.63) is 0 Å². The van der Waals surface area contributed by atoms with Crippen LogP contribution in [0.5, 0.6) is 0 Å². The summed E-state index contributed by atoms with van der Waals surface area (Å²) in [7, 11) is 0. The molecule has 2 N–H and O–H groups in total. The van der Waals surface area contributed by atoms with Gasteiger partial charge in [-0.25, -0.2) is 0 Å². The Balaban J connectivity index is 3.73. The van der Waals surface area contributed by atoms with Crippen LogP contribution in [0.1, 0.15) is 162 Å². The van der Waals surface area contributed by atoms with Crippen LogP contribution in [0.3, 0.4) is 0 Å². The van der Waals surface area contributed by atoms with E-state index in [0.29, 0.717) is 13.0 Å². The Bertz CT molecular complexity index is 469. The van der Waals surface area contributed by atoms with Gasteiger partial charge in [0.15, 0.2) is 6.10 Å². The molecule has 35 heavy (non-hydrogen) atoms. The largest absolute Gasteiger partial charge is 0.452 e. The van der Waals surface area contributed by atoms with E-state index in [2.05, 4.69) is 19.2 Å². The van der Waals surface area contributed by atoms with Crippen molar-refractivity contribution in [3.8, 4) is 0 Å². The minimum absolute atomic E-state index is 0.161. The summed E-state index contributed by atoms with van der Waals surface area (Å²) in [4.78, 5) is 24.6. The number of rotatable bonds is 27. The Morgan fingerprint density at radius 3 is 1.46 bits per heavy atom. The summed E-state index contributed by atoms with van der Waals surface area (Å²) in [6, 6.07) is 0. The van der Waals surface area contributed by atoms with Gasteiger partial charge in [0.05, 0.1) is 0 Å². The predicted molar refractivity (Wildman–Crippen MR) is 148 cm³/mol. The maximum atomic E-state index is 12.4. The monoisotopic (exact) mass is 497 g/mol. The lowest BCUT2D eigenvalue weighted by molar-refractivity contribution is -0.156. The van der Waals surface area contributed by atoms with Gasteiger partial charge in [-0.15, -0.1) is 0 Å². The SMILES string of the molecule is CCCCCCCCCCCCCC(=O)OC(CCO)C(=O)NCCCCCCCCCCCC. The van der Waals surface area contributed by atoms with Crippen molar-refractivity contribution in [2.75, 3.05) is 13.2 Å². The van der Waals surface area contributed by atoms with Gasteiger partial charge in [0.25, 0.3) is 5.91 Å². The summed E-state index contributed by atoms with van der Waals surface area (Å²) in [6.07, 6.45) is 25.7.